The molecule has 0 N–H and O–H groups in total. The first-order valence-corrected chi connectivity index (χ1v) is 11.4. The smallest absolute Gasteiger partial charge is 0.242 e. The van der Waals surface area contributed by atoms with Crippen LogP contribution in [0.2, 0.25) is 0 Å². The SMILES string of the molecule is COc1ccc(-c2noc(CS(=O)(=O)CC(=O)N3CCc4ccccc43)n2)cc1OC. The minimum atomic E-state index is -3.80. The number of benzene rings is 2. The third-order valence-corrected chi connectivity index (χ3v) is 6.36. The lowest BCUT2D eigenvalue weighted by atomic mass is 10.2. The highest BCUT2D eigenvalue weighted by Crippen LogP contribution is 2.31. The summed E-state index contributed by atoms with van der Waals surface area (Å²) in [6.45, 7) is 0.470. The number of carbonyl (C=O) groups is 1. The molecule has 0 saturated heterocycles. The Hall–Kier alpha value is -3.40. The Bertz CT molecular complexity index is 1220. The van der Waals surface area contributed by atoms with Crippen LogP contribution < -0.4 is 14.4 Å². The number of methoxy groups -OCH3 is 2. The van der Waals surface area contributed by atoms with Gasteiger partial charge in [-0.3, -0.25) is 4.79 Å². The van der Waals surface area contributed by atoms with Gasteiger partial charge in [-0.15, -0.1) is 0 Å². The van der Waals surface area contributed by atoms with Crippen LogP contribution in [-0.2, 0) is 26.8 Å². The first-order chi connectivity index (χ1) is 14.9. The van der Waals surface area contributed by atoms with Gasteiger partial charge in [-0.05, 0) is 36.2 Å². The molecule has 0 radical (unpaired) electrons. The third kappa shape index (κ3) is 4.38. The number of hydrogen-bond donors (Lipinski definition) is 0. The van der Waals surface area contributed by atoms with E-state index >= 15 is 0 Å². The fraction of sp³-hybridized carbons (Fsp3) is 0.286. The van der Waals surface area contributed by atoms with E-state index in [1.807, 2.05) is 24.3 Å². The molecule has 162 valence electrons. The van der Waals surface area contributed by atoms with Crippen molar-refractivity contribution >= 4 is 21.4 Å². The van der Waals surface area contributed by atoms with Gasteiger partial charge in [0.05, 0.1) is 14.2 Å². The van der Waals surface area contributed by atoms with Crippen LogP contribution >= 0.6 is 0 Å². The highest BCUT2D eigenvalue weighted by Gasteiger charge is 2.29. The van der Waals surface area contributed by atoms with Crippen LogP contribution in [0.25, 0.3) is 11.4 Å². The van der Waals surface area contributed by atoms with Gasteiger partial charge in [0.1, 0.15) is 11.5 Å². The van der Waals surface area contributed by atoms with Crippen molar-refractivity contribution in [3.05, 3.63) is 53.9 Å². The van der Waals surface area contributed by atoms with Gasteiger partial charge < -0.3 is 18.9 Å². The van der Waals surface area contributed by atoms with E-state index < -0.39 is 27.3 Å². The average Bonchev–Trinajstić information content (AvgIpc) is 3.39. The second-order valence-corrected chi connectivity index (χ2v) is 9.10. The monoisotopic (exact) mass is 443 g/mol. The number of para-hydroxylation sites is 1. The second-order valence-electron chi connectivity index (χ2n) is 7.04. The van der Waals surface area contributed by atoms with Crippen molar-refractivity contribution in [2.75, 3.05) is 31.4 Å². The molecule has 2 aromatic carbocycles. The number of ether oxygens (including phenoxy) is 2. The summed E-state index contributed by atoms with van der Waals surface area (Å²) in [5.41, 5.74) is 2.37. The van der Waals surface area contributed by atoms with Crippen LogP contribution in [0, 0.1) is 0 Å². The summed E-state index contributed by atoms with van der Waals surface area (Å²) in [5.74, 6) is -0.464. The number of anilines is 1. The molecule has 0 spiro atoms. The molecule has 0 atom stereocenters. The zero-order valence-electron chi connectivity index (χ0n) is 17.1. The number of rotatable bonds is 7. The Balaban J connectivity index is 1.46. The first kappa shape index (κ1) is 20.9. The van der Waals surface area contributed by atoms with Gasteiger partial charge in [0, 0.05) is 17.8 Å². The number of sulfone groups is 1. The number of amides is 1. The molecular formula is C21H21N3O6S. The van der Waals surface area contributed by atoms with E-state index in [2.05, 4.69) is 10.1 Å². The summed E-state index contributed by atoms with van der Waals surface area (Å²) in [4.78, 5) is 18.3. The number of carbonyl (C=O) groups excluding carboxylic acids is 1. The molecule has 1 aliphatic heterocycles. The fourth-order valence-corrected chi connectivity index (χ4v) is 4.64. The molecule has 0 bridgehead atoms. The molecule has 0 aliphatic carbocycles. The van der Waals surface area contributed by atoms with Crippen molar-refractivity contribution < 1.29 is 27.2 Å². The molecule has 4 rings (SSSR count). The molecule has 10 heteroatoms. The van der Waals surface area contributed by atoms with Crippen LogP contribution in [0.15, 0.2) is 47.0 Å². The predicted octanol–water partition coefficient (Wildman–Crippen LogP) is 2.26. The standard InChI is InChI=1S/C21H21N3O6S/c1-28-17-8-7-15(11-18(17)29-2)21-22-19(30-23-21)12-31(26,27)13-20(25)24-10-9-14-5-3-4-6-16(14)24/h3-8,11H,9-10,12-13H2,1-2H3. The third-order valence-electron chi connectivity index (χ3n) is 4.98. The molecule has 1 aliphatic rings. The fourth-order valence-electron chi connectivity index (χ4n) is 3.51. The molecule has 1 amide bonds. The summed E-state index contributed by atoms with van der Waals surface area (Å²) < 4.78 is 40.8. The van der Waals surface area contributed by atoms with E-state index in [0.717, 1.165) is 11.3 Å². The van der Waals surface area contributed by atoms with Crippen molar-refractivity contribution in [2.24, 2.45) is 0 Å². The second kappa shape index (κ2) is 8.38. The zero-order valence-corrected chi connectivity index (χ0v) is 17.9. The van der Waals surface area contributed by atoms with E-state index in [1.54, 1.807) is 18.2 Å². The van der Waals surface area contributed by atoms with E-state index in [9.17, 15) is 13.2 Å². The molecule has 3 aromatic rings. The Labute approximate surface area is 179 Å². The number of fused-ring (bicyclic) bond motifs is 1. The summed E-state index contributed by atoms with van der Waals surface area (Å²) in [5, 5.41) is 3.85. The maximum Gasteiger partial charge on any atom is 0.242 e. The lowest BCUT2D eigenvalue weighted by Crippen LogP contribution is -2.34. The van der Waals surface area contributed by atoms with Crippen molar-refractivity contribution in [1.82, 2.24) is 10.1 Å². The molecule has 1 aromatic heterocycles. The van der Waals surface area contributed by atoms with Gasteiger partial charge in [-0.2, -0.15) is 4.98 Å². The first-order valence-electron chi connectivity index (χ1n) is 9.54. The van der Waals surface area contributed by atoms with Crippen LogP contribution in [0.1, 0.15) is 11.5 Å². The summed E-state index contributed by atoms with van der Waals surface area (Å²) in [7, 11) is -0.768. The van der Waals surface area contributed by atoms with Crippen LogP contribution in [0.5, 0.6) is 11.5 Å². The van der Waals surface area contributed by atoms with Crippen molar-refractivity contribution in [2.45, 2.75) is 12.2 Å². The minimum absolute atomic E-state index is 0.0839. The summed E-state index contributed by atoms with van der Waals surface area (Å²) in [6.07, 6.45) is 0.709. The van der Waals surface area contributed by atoms with E-state index in [1.165, 1.54) is 19.1 Å². The van der Waals surface area contributed by atoms with Gasteiger partial charge >= 0.3 is 0 Å². The Morgan fingerprint density at radius 3 is 2.68 bits per heavy atom. The summed E-state index contributed by atoms with van der Waals surface area (Å²) in [6, 6.07) is 12.5. The van der Waals surface area contributed by atoms with Crippen molar-refractivity contribution in [3.63, 3.8) is 0 Å². The molecule has 2 heterocycles. The minimum Gasteiger partial charge on any atom is -0.493 e. The normalized spacial score (nSPS) is 13.2. The average molecular weight is 443 g/mol. The molecule has 9 nitrogen and oxygen atoms in total. The van der Waals surface area contributed by atoms with Gasteiger partial charge in [-0.1, -0.05) is 23.4 Å². The molecular weight excluding hydrogens is 422 g/mol. The maximum absolute atomic E-state index is 12.6. The van der Waals surface area contributed by atoms with E-state index in [0.29, 0.717) is 30.0 Å². The lowest BCUT2D eigenvalue weighted by Gasteiger charge is -2.16. The largest absolute Gasteiger partial charge is 0.493 e. The Morgan fingerprint density at radius 1 is 1.13 bits per heavy atom. The predicted molar refractivity (Wildman–Crippen MR) is 113 cm³/mol. The topological polar surface area (TPSA) is 112 Å². The Morgan fingerprint density at radius 2 is 1.90 bits per heavy atom. The van der Waals surface area contributed by atoms with Gasteiger partial charge in [0.25, 0.3) is 0 Å². The lowest BCUT2D eigenvalue weighted by molar-refractivity contribution is -0.116. The van der Waals surface area contributed by atoms with Crippen molar-refractivity contribution in [3.8, 4) is 22.9 Å². The summed E-state index contributed by atoms with van der Waals surface area (Å²) >= 11 is 0. The van der Waals surface area contributed by atoms with E-state index in [-0.39, 0.29) is 11.7 Å². The Kier molecular flexibility index (Phi) is 5.64. The van der Waals surface area contributed by atoms with Crippen LogP contribution in [-0.4, -0.2) is 51.0 Å². The molecule has 0 saturated carbocycles. The number of aromatic nitrogens is 2. The highest BCUT2D eigenvalue weighted by molar-refractivity contribution is 7.91. The number of hydrogen-bond acceptors (Lipinski definition) is 8. The number of nitrogens with zero attached hydrogens (tertiary/aromatic N) is 3. The van der Waals surface area contributed by atoms with Crippen LogP contribution in [0.3, 0.4) is 0 Å². The van der Waals surface area contributed by atoms with Crippen molar-refractivity contribution in [1.29, 1.82) is 0 Å². The van der Waals surface area contributed by atoms with Crippen LogP contribution in [0.4, 0.5) is 5.69 Å². The molecule has 0 fully saturated rings. The quantitative estimate of drug-likeness (QED) is 0.547. The van der Waals surface area contributed by atoms with Gasteiger partial charge in [-0.25, -0.2) is 8.42 Å². The zero-order chi connectivity index (χ0) is 22.0. The molecule has 31 heavy (non-hydrogen) atoms. The van der Waals surface area contributed by atoms with E-state index in [4.69, 9.17) is 14.0 Å². The maximum atomic E-state index is 12.6. The highest BCUT2D eigenvalue weighted by atomic mass is 32.2. The molecule has 0 unspecified atom stereocenters. The van der Waals surface area contributed by atoms with Gasteiger partial charge in [0.2, 0.25) is 17.6 Å². The van der Waals surface area contributed by atoms with Gasteiger partial charge in [0.15, 0.2) is 21.3 Å².